The number of piperidine rings is 1. The standard InChI is InChI=1S/C32H32FN3O3/c1-21(28-14-6-8-22-7-2-3-13-29(22)28)34-19-25-15-16-36(20-30(25)23-9-4-11-26(33)17-23)32(39)35-27-12-5-10-24(18-27)31(37)38/h2-14,17-18,21,25,30,34H,15-16,19-20H2,1H3,(H,35,39)(H,37,38)/t21-,25?,30?/m1/s1. The van der Waals surface area contributed by atoms with E-state index in [2.05, 4.69) is 54.0 Å². The molecule has 3 N–H and O–H groups in total. The number of urea groups is 1. The highest BCUT2D eigenvalue weighted by atomic mass is 19.1. The van der Waals surface area contributed by atoms with Crippen molar-refractivity contribution in [2.24, 2.45) is 5.92 Å². The molecule has 0 aromatic heterocycles. The maximum Gasteiger partial charge on any atom is 0.335 e. The highest BCUT2D eigenvalue weighted by molar-refractivity contribution is 5.93. The normalized spacial score (nSPS) is 18.1. The zero-order chi connectivity index (χ0) is 27.4. The molecule has 39 heavy (non-hydrogen) atoms. The van der Waals surface area contributed by atoms with Gasteiger partial charge in [0.1, 0.15) is 5.82 Å². The summed E-state index contributed by atoms with van der Waals surface area (Å²) in [5.74, 6) is -1.21. The summed E-state index contributed by atoms with van der Waals surface area (Å²) in [5, 5.41) is 18.2. The highest BCUT2D eigenvalue weighted by Gasteiger charge is 2.33. The lowest BCUT2D eigenvalue weighted by Gasteiger charge is -2.39. The van der Waals surface area contributed by atoms with Gasteiger partial charge in [-0.3, -0.25) is 0 Å². The number of anilines is 1. The number of aromatic carboxylic acids is 1. The Morgan fingerprint density at radius 1 is 1.00 bits per heavy atom. The molecule has 0 aliphatic carbocycles. The molecule has 1 saturated heterocycles. The predicted molar refractivity (Wildman–Crippen MR) is 152 cm³/mol. The number of carbonyl (C=O) groups excluding carboxylic acids is 1. The number of hydrogen-bond donors (Lipinski definition) is 3. The molecular weight excluding hydrogens is 493 g/mol. The van der Waals surface area contributed by atoms with Gasteiger partial charge in [-0.15, -0.1) is 0 Å². The second-order valence-electron chi connectivity index (χ2n) is 10.2. The van der Waals surface area contributed by atoms with Crippen molar-refractivity contribution in [2.45, 2.75) is 25.3 Å². The van der Waals surface area contributed by atoms with Crippen molar-refractivity contribution in [3.63, 3.8) is 0 Å². The van der Waals surface area contributed by atoms with Crippen LogP contribution in [0.1, 0.15) is 46.8 Å². The SMILES string of the molecule is C[C@@H](NCC1CCN(C(=O)Nc2cccc(C(=O)O)c2)CC1c1cccc(F)c1)c1cccc2ccccc12. The largest absolute Gasteiger partial charge is 0.478 e. The number of likely N-dealkylation sites (tertiary alicyclic amines) is 1. The number of hydrogen-bond acceptors (Lipinski definition) is 3. The number of carboxylic acids is 1. The van der Waals surface area contributed by atoms with Crippen molar-refractivity contribution >= 4 is 28.5 Å². The number of carboxylic acid groups (broad SMARTS) is 1. The zero-order valence-corrected chi connectivity index (χ0v) is 21.8. The Morgan fingerprint density at radius 3 is 2.59 bits per heavy atom. The number of rotatable bonds is 7. The third kappa shape index (κ3) is 6.10. The third-order valence-corrected chi connectivity index (χ3v) is 7.66. The molecule has 0 saturated carbocycles. The van der Waals surface area contributed by atoms with Gasteiger partial charge in [-0.05, 0) is 78.0 Å². The molecule has 3 atom stereocenters. The molecule has 2 amide bonds. The summed E-state index contributed by atoms with van der Waals surface area (Å²) < 4.78 is 14.2. The summed E-state index contributed by atoms with van der Waals surface area (Å²) >= 11 is 0. The fourth-order valence-corrected chi connectivity index (χ4v) is 5.54. The molecule has 2 unspecified atom stereocenters. The van der Waals surface area contributed by atoms with Gasteiger partial charge < -0.3 is 20.6 Å². The van der Waals surface area contributed by atoms with E-state index < -0.39 is 5.97 Å². The highest BCUT2D eigenvalue weighted by Crippen LogP contribution is 2.34. The van der Waals surface area contributed by atoms with E-state index in [1.807, 2.05) is 12.1 Å². The molecule has 0 radical (unpaired) electrons. The third-order valence-electron chi connectivity index (χ3n) is 7.66. The molecule has 1 aliphatic rings. The van der Waals surface area contributed by atoms with Gasteiger partial charge in [0.15, 0.2) is 0 Å². The van der Waals surface area contributed by atoms with Crippen LogP contribution in [0.2, 0.25) is 0 Å². The van der Waals surface area contributed by atoms with Gasteiger partial charge in [0.25, 0.3) is 0 Å². The fourth-order valence-electron chi connectivity index (χ4n) is 5.54. The molecular formula is C32H32FN3O3. The van der Waals surface area contributed by atoms with E-state index in [-0.39, 0.29) is 35.3 Å². The van der Waals surface area contributed by atoms with Crippen LogP contribution in [0, 0.1) is 11.7 Å². The minimum atomic E-state index is -1.05. The quantitative estimate of drug-likeness (QED) is 0.252. The van der Waals surface area contributed by atoms with E-state index in [0.717, 1.165) is 18.5 Å². The lowest BCUT2D eigenvalue weighted by molar-refractivity contribution is 0.0697. The van der Waals surface area contributed by atoms with Crippen molar-refractivity contribution in [2.75, 3.05) is 25.0 Å². The van der Waals surface area contributed by atoms with Crippen LogP contribution in [0.5, 0.6) is 0 Å². The smallest absolute Gasteiger partial charge is 0.335 e. The maximum absolute atomic E-state index is 14.2. The van der Waals surface area contributed by atoms with E-state index in [1.165, 1.54) is 34.5 Å². The van der Waals surface area contributed by atoms with Gasteiger partial charge in [-0.2, -0.15) is 0 Å². The van der Waals surface area contributed by atoms with Gasteiger partial charge in [-0.1, -0.05) is 60.7 Å². The molecule has 6 nitrogen and oxygen atoms in total. The van der Waals surface area contributed by atoms with Crippen LogP contribution in [0.4, 0.5) is 14.9 Å². The summed E-state index contributed by atoms with van der Waals surface area (Å²) in [6.45, 7) is 3.86. The molecule has 1 heterocycles. The Kier molecular flexibility index (Phi) is 7.89. The van der Waals surface area contributed by atoms with Gasteiger partial charge >= 0.3 is 12.0 Å². The molecule has 1 fully saturated rings. The molecule has 0 bridgehead atoms. The van der Waals surface area contributed by atoms with Crippen molar-refractivity contribution in [1.29, 1.82) is 0 Å². The number of nitrogens with one attached hydrogen (secondary N) is 2. The summed E-state index contributed by atoms with van der Waals surface area (Å²) in [4.78, 5) is 26.2. The van der Waals surface area contributed by atoms with E-state index in [0.29, 0.717) is 18.8 Å². The predicted octanol–water partition coefficient (Wildman–Crippen LogP) is 6.67. The first-order valence-corrected chi connectivity index (χ1v) is 13.2. The van der Waals surface area contributed by atoms with Crippen LogP contribution in [-0.2, 0) is 0 Å². The van der Waals surface area contributed by atoms with Crippen LogP contribution in [0.3, 0.4) is 0 Å². The topological polar surface area (TPSA) is 81.7 Å². The number of carbonyl (C=O) groups is 2. The van der Waals surface area contributed by atoms with Crippen LogP contribution in [0.25, 0.3) is 10.8 Å². The van der Waals surface area contributed by atoms with Gasteiger partial charge in [0.2, 0.25) is 0 Å². The molecule has 0 spiro atoms. The summed E-state index contributed by atoms with van der Waals surface area (Å²) in [5.41, 5.74) is 2.63. The Hall–Kier alpha value is -4.23. The first-order valence-electron chi connectivity index (χ1n) is 13.2. The second kappa shape index (κ2) is 11.7. The van der Waals surface area contributed by atoms with Crippen LogP contribution in [0.15, 0.2) is 91.0 Å². The summed E-state index contributed by atoms with van der Waals surface area (Å²) in [6.07, 6.45) is 0.749. The van der Waals surface area contributed by atoms with Crippen LogP contribution < -0.4 is 10.6 Å². The fraction of sp³-hybridized carbons (Fsp3) is 0.250. The molecule has 4 aromatic carbocycles. The first kappa shape index (κ1) is 26.4. The van der Waals surface area contributed by atoms with Gasteiger partial charge in [0.05, 0.1) is 5.56 Å². The van der Waals surface area contributed by atoms with Crippen LogP contribution >= 0.6 is 0 Å². The maximum atomic E-state index is 14.2. The molecule has 5 rings (SSSR count). The van der Waals surface area contributed by atoms with Crippen molar-refractivity contribution in [3.05, 3.63) is 114 Å². The average Bonchev–Trinajstić information content (AvgIpc) is 2.95. The number of amides is 2. The Balaban J connectivity index is 1.31. The van der Waals surface area contributed by atoms with Crippen molar-refractivity contribution < 1.29 is 19.1 Å². The van der Waals surface area contributed by atoms with Gasteiger partial charge in [-0.25, -0.2) is 14.0 Å². The van der Waals surface area contributed by atoms with Crippen molar-refractivity contribution in [1.82, 2.24) is 10.2 Å². The number of fused-ring (bicyclic) bond motifs is 1. The van der Waals surface area contributed by atoms with E-state index in [4.69, 9.17) is 0 Å². The Labute approximate surface area is 227 Å². The average molecular weight is 526 g/mol. The van der Waals surface area contributed by atoms with E-state index >= 15 is 0 Å². The summed E-state index contributed by atoms with van der Waals surface area (Å²) in [7, 11) is 0. The molecule has 7 heteroatoms. The zero-order valence-electron chi connectivity index (χ0n) is 21.8. The minimum absolute atomic E-state index is 0.0576. The minimum Gasteiger partial charge on any atom is -0.478 e. The van der Waals surface area contributed by atoms with E-state index in [1.54, 1.807) is 29.2 Å². The van der Waals surface area contributed by atoms with Crippen molar-refractivity contribution in [3.8, 4) is 0 Å². The lowest BCUT2D eigenvalue weighted by Crippen LogP contribution is -2.47. The van der Waals surface area contributed by atoms with Crippen LogP contribution in [-0.4, -0.2) is 41.6 Å². The molecule has 4 aromatic rings. The Morgan fingerprint density at radius 2 is 1.77 bits per heavy atom. The second-order valence-corrected chi connectivity index (χ2v) is 10.2. The number of halogens is 1. The lowest BCUT2D eigenvalue weighted by atomic mass is 9.80. The monoisotopic (exact) mass is 525 g/mol. The molecule has 200 valence electrons. The van der Waals surface area contributed by atoms with Gasteiger partial charge in [0, 0.05) is 30.7 Å². The summed E-state index contributed by atoms with van der Waals surface area (Å²) in [6, 6.07) is 27.3. The molecule has 1 aliphatic heterocycles. The number of nitrogens with zero attached hydrogens (tertiary/aromatic N) is 1. The first-order chi connectivity index (χ1) is 18.9. The number of benzene rings is 4. The van der Waals surface area contributed by atoms with E-state index in [9.17, 15) is 19.1 Å². The Bertz CT molecular complexity index is 1490.